The van der Waals surface area contributed by atoms with Crippen molar-refractivity contribution in [1.82, 2.24) is 9.80 Å². The van der Waals surface area contributed by atoms with E-state index in [4.69, 9.17) is 31.5 Å². The molecular weight excluding hydrogens is 454 g/mol. The number of carbonyl (C=O) groups excluding carboxylic acids is 1. The number of nitrogens with zero attached hydrogens (tertiary/aromatic N) is 2. The molecule has 1 saturated heterocycles. The van der Waals surface area contributed by atoms with E-state index in [-0.39, 0.29) is 18.1 Å². The minimum Gasteiger partial charge on any atom is -0.489 e. The molecule has 0 radical (unpaired) electrons. The van der Waals surface area contributed by atoms with Crippen LogP contribution >= 0.6 is 11.6 Å². The Hall–Kier alpha value is -2.64. The van der Waals surface area contributed by atoms with Gasteiger partial charge in [-0.3, -0.25) is 9.69 Å². The number of ether oxygens (including phenoxy) is 3. The van der Waals surface area contributed by atoms with Crippen LogP contribution in [0.2, 0.25) is 5.02 Å². The standard InChI is InChI=1S/C26H32ClN3O4/c1-16(2)12-30(13-17-8-21(27)25-23(9-17)32-6-3-7-33-25)26(31)19-11-24-29(15-19)14-18-10-20(28)4-5-22(18)34-24/h4-5,8-10,16,19,24H,3,6-7,11-15,28H2,1-2H3/t19-,24?/m1/s1. The molecule has 1 amide bonds. The molecule has 3 aliphatic rings. The van der Waals surface area contributed by atoms with Crippen molar-refractivity contribution in [2.24, 2.45) is 11.8 Å². The Balaban J connectivity index is 1.32. The van der Waals surface area contributed by atoms with E-state index >= 15 is 0 Å². The van der Waals surface area contributed by atoms with Crippen LogP contribution in [-0.2, 0) is 17.9 Å². The highest BCUT2D eigenvalue weighted by Crippen LogP contribution is 2.39. The van der Waals surface area contributed by atoms with Crippen LogP contribution in [0.1, 0.15) is 37.8 Å². The number of carbonyl (C=O) groups is 1. The van der Waals surface area contributed by atoms with Crippen LogP contribution in [0.15, 0.2) is 30.3 Å². The number of halogens is 1. The van der Waals surface area contributed by atoms with Gasteiger partial charge in [0.15, 0.2) is 17.7 Å². The molecule has 0 spiro atoms. The first-order valence-corrected chi connectivity index (χ1v) is 12.4. The summed E-state index contributed by atoms with van der Waals surface area (Å²) in [4.78, 5) is 17.9. The van der Waals surface area contributed by atoms with Crippen LogP contribution in [0.3, 0.4) is 0 Å². The van der Waals surface area contributed by atoms with E-state index in [0.29, 0.717) is 61.7 Å². The number of hydrogen-bond donors (Lipinski definition) is 1. The van der Waals surface area contributed by atoms with Gasteiger partial charge in [-0.05, 0) is 41.8 Å². The third-order valence-electron chi connectivity index (χ3n) is 6.55. The smallest absolute Gasteiger partial charge is 0.227 e. The van der Waals surface area contributed by atoms with Crippen molar-refractivity contribution in [2.75, 3.05) is 32.0 Å². The lowest BCUT2D eigenvalue weighted by atomic mass is 10.0. The largest absolute Gasteiger partial charge is 0.489 e. The van der Waals surface area contributed by atoms with Crippen LogP contribution < -0.4 is 19.9 Å². The van der Waals surface area contributed by atoms with E-state index in [0.717, 1.165) is 35.5 Å². The highest BCUT2D eigenvalue weighted by atomic mass is 35.5. The Morgan fingerprint density at radius 2 is 2.03 bits per heavy atom. The van der Waals surface area contributed by atoms with E-state index in [1.54, 1.807) is 0 Å². The number of nitrogen functional groups attached to an aromatic ring is 1. The molecule has 3 heterocycles. The summed E-state index contributed by atoms with van der Waals surface area (Å²) < 4.78 is 17.8. The molecule has 5 rings (SSSR count). The molecule has 1 unspecified atom stereocenters. The van der Waals surface area contributed by atoms with Crippen molar-refractivity contribution >= 4 is 23.2 Å². The lowest BCUT2D eigenvalue weighted by molar-refractivity contribution is -0.136. The predicted molar refractivity (Wildman–Crippen MR) is 131 cm³/mol. The molecule has 0 aromatic heterocycles. The molecule has 0 bridgehead atoms. The van der Waals surface area contributed by atoms with Crippen molar-refractivity contribution in [1.29, 1.82) is 0 Å². The molecule has 182 valence electrons. The Labute approximate surface area is 205 Å². The third-order valence-corrected chi connectivity index (χ3v) is 6.83. The van der Waals surface area contributed by atoms with Crippen LogP contribution in [-0.4, -0.2) is 48.2 Å². The van der Waals surface area contributed by atoms with Gasteiger partial charge in [0.1, 0.15) is 5.75 Å². The minimum absolute atomic E-state index is 0.0848. The average Bonchev–Trinajstić information content (AvgIpc) is 3.04. The Kier molecular flexibility index (Phi) is 6.49. The SMILES string of the molecule is CC(C)CN(Cc1cc(Cl)c2c(c1)OCCCO2)C(=O)[C@@H]1CC2Oc3ccc(N)cc3CN2C1. The summed E-state index contributed by atoms with van der Waals surface area (Å²) in [5.74, 6) is 2.48. The van der Waals surface area contributed by atoms with Crippen LogP contribution in [0, 0.1) is 11.8 Å². The summed E-state index contributed by atoms with van der Waals surface area (Å²) >= 11 is 6.51. The molecule has 2 aromatic rings. The second-order valence-electron chi connectivity index (χ2n) is 9.87. The molecule has 0 aliphatic carbocycles. The van der Waals surface area contributed by atoms with Crippen molar-refractivity contribution < 1.29 is 19.0 Å². The number of nitrogens with two attached hydrogens (primary N) is 1. The molecule has 2 N–H and O–H groups in total. The number of benzene rings is 2. The van der Waals surface area contributed by atoms with Crippen LogP contribution in [0.4, 0.5) is 5.69 Å². The zero-order chi connectivity index (χ0) is 23.8. The highest BCUT2D eigenvalue weighted by molar-refractivity contribution is 6.32. The molecule has 2 atom stereocenters. The predicted octanol–water partition coefficient (Wildman–Crippen LogP) is 4.31. The van der Waals surface area contributed by atoms with Gasteiger partial charge in [-0.1, -0.05) is 25.4 Å². The quantitative estimate of drug-likeness (QED) is 0.636. The summed E-state index contributed by atoms with van der Waals surface area (Å²) in [6, 6.07) is 9.58. The lowest BCUT2D eigenvalue weighted by Gasteiger charge is -2.31. The van der Waals surface area contributed by atoms with Gasteiger partial charge in [-0.2, -0.15) is 0 Å². The highest BCUT2D eigenvalue weighted by Gasteiger charge is 2.41. The monoisotopic (exact) mass is 485 g/mol. The van der Waals surface area contributed by atoms with Crippen molar-refractivity contribution in [3.05, 3.63) is 46.5 Å². The van der Waals surface area contributed by atoms with Gasteiger partial charge in [0.25, 0.3) is 0 Å². The van der Waals surface area contributed by atoms with E-state index in [1.165, 1.54) is 0 Å². The molecule has 3 aliphatic heterocycles. The fourth-order valence-electron chi connectivity index (χ4n) is 5.07. The van der Waals surface area contributed by atoms with E-state index < -0.39 is 0 Å². The first kappa shape index (κ1) is 23.1. The summed E-state index contributed by atoms with van der Waals surface area (Å²) in [5, 5.41) is 0.523. The number of rotatable bonds is 5. The summed E-state index contributed by atoms with van der Waals surface area (Å²) in [5.41, 5.74) is 8.70. The second-order valence-corrected chi connectivity index (χ2v) is 10.3. The number of anilines is 1. The Morgan fingerprint density at radius 3 is 2.85 bits per heavy atom. The van der Waals surface area contributed by atoms with Crippen molar-refractivity contribution in [3.63, 3.8) is 0 Å². The number of hydrogen-bond acceptors (Lipinski definition) is 6. The van der Waals surface area contributed by atoms with Gasteiger partial charge in [0, 0.05) is 50.3 Å². The first-order chi connectivity index (χ1) is 16.4. The maximum atomic E-state index is 13.7. The number of fused-ring (bicyclic) bond motifs is 3. The maximum absolute atomic E-state index is 13.7. The van der Waals surface area contributed by atoms with Crippen molar-refractivity contribution in [2.45, 2.75) is 46.0 Å². The van der Waals surface area contributed by atoms with Crippen LogP contribution in [0.25, 0.3) is 0 Å². The fourth-order valence-corrected chi connectivity index (χ4v) is 5.35. The molecule has 8 heteroatoms. The van der Waals surface area contributed by atoms with Gasteiger partial charge in [-0.15, -0.1) is 0 Å². The average molecular weight is 486 g/mol. The molecule has 0 saturated carbocycles. The molecule has 34 heavy (non-hydrogen) atoms. The zero-order valence-electron chi connectivity index (χ0n) is 19.8. The van der Waals surface area contributed by atoms with Gasteiger partial charge in [0.05, 0.1) is 24.2 Å². The van der Waals surface area contributed by atoms with Gasteiger partial charge < -0.3 is 24.8 Å². The Morgan fingerprint density at radius 1 is 1.21 bits per heavy atom. The molecule has 1 fully saturated rings. The molecular formula is C26H32ClN3O4. The minimum atomic E-state index is -0.119. The topological polar surface area (TPSA) is 77.3 Å². The maximum Gasteiger partial charge on any atom is 0.227 e. The lowest BCUT2D eigenvalue weighted by Crippen LogP contribution is -2.39. The van der Waals surface area contributed by atoms with E-state index in [9.17, 15) is 4.79 Å². The fraction of sp³-hybridized carbons (Fsp3) is 0.500. The van der Waals surface area contributed by atoms with Gasteiger partial charge in [0.2, 0.25) is 5.91 Å². The van der Waals surface area contributed by atoms with Crippen LogP contribution in [0.5, 0.6) is 17.2 Å². The van der Waals surface area contributed by atoms with E-state index in [2.05, 4.69) is 18.7 Å². The normalized spacial score (nSPS) is 21.4. The molecule has 7 nitrogen and oxygen atoms in total. The summed E-state index contributed by atoms with van der Waals surface area (Å²) in [6.45, 7) is 8.00. The first-order valence-electron chi connectivity index (χ1n) is 12.0. The van der Waals surface area contributed by atoms with Crippen molar-refractivity contribution in [3.8, 4) is 17.2 Å². The third kappa shape index (κ3) is 4.77. The van der Waals surface area contributed by atoms with E-state index in [1.807, 2.05) is 35.2 Å². The number of amides is 1. The van der Waals surface area contributed by atoms with Gasteiger partial charge in [-0.25, -0.2) is 0 Å². The molecule has 2 aromatic carbocycles. The Bertz CT molecular complexity index is 1080. The zero-order valence-corrected chi connectivity index (χ0v) is 20.5. The summed E-state index contributed by atoms with van der Waals surface area (Å²) in [7, 11) is 0. The second kappa shape index (κ2) is 9.55. The summed E-state index contributed by atoms with van der Waals surface area (Å²) in [6.07, 6.45) is 1.41. The van der Waals surface area contributed by atoms with Gasteiger partial charge >= 0.3 is 0 Å².